The van der Waals surface area contributed by atoms with Crippen molar-refractivity contribution in [3.8, 4) is 5.75 Å². The summed E-state index contributed by atoms with van der Waals surface area (Å²) in [6.45, 7) is 0.414. The first-order chi connectivity index (χ1) is 18.2. The van der Waals surface area contributed by atoms with Crippen LogP contribution in [0.1, 0.15) is 16.7 Å². The number of nitrogens with zero attached hydrogens (tertiary/aromatic N) is 1. The highest BCUT2D eigenvalue weighted by Gasteiger charge is 2.40. The number of methoxy groups -OCH3 is 1. The van der Waals surface area contributed by atoms with Gasteiger partial charge in [0.2, 0.25) is 5.90 Å². The van der Waals surface area contributed by atoms with Gasteiger partial charge in [-0.1, -0.05) is 91.0 Å². The minimum atomic E-state index is -1.42. The molecule has 0 saturated heterocycles. The third-order valence-electron chi connectivity index (χ3n) is 6.78. The quantitative estimate of drug-likeness (QED) is 0.258. The summed E-state index contributed by atoms with van der Waals surface area (Å²) in [4.78, 5) is 6.50. The molecule has 0 bridgehead atoms. The Morgan fingerprint density at radius 2 is 1.38 bits per heavy atom. The first-order valence-corrected chi connectivity index (χ1v) is 13.3. The van der Waals surface area contributed by atoms with Gasteiger partial charge in [-0.05, 0) is 46.8 Å². The van der Waals surface area contributed by atoms with Crippen molar-refractivity contribution in [2.24, 2.45) is 4.99 Å². The van der Waals surface area contributed by atoms with E-state index in [1.165, 1.54) is 0 Å². The molecule has 0 radical (unpaired) electrons. The second-order valence-electron chi connectivity index (χ2n) is 8.91. The van der Waals surface area contributed by atoms with Crippen molar-refractivity contribution in [2.75, 3.05) is 13.7 Å². The van der Waals surface area contributed by atoms with Crippen LogP contribution < -0.4 is 4.74 Å². The van der Waals surface area contributed by atoms with Crippen LogP contribution in [0.5, 0.6) is 5.75 Å². The highest BCUT2D eigenvalue weighted by molar-refractivity contribution is 7.85. The molecule has 37 heavy (non-hydrogen) atoms. The van der Waals surface area contributed by atoms with E-state index in [4.69, 9.17) is 14.5 Å². The Bertz CT molecular complexity index is 1570. The van der Waals surface area contributed by atoms with E-state index < -0.39 is 16.3 Å². The first-order valence-electron chi connectivity index (χ1n) is 12.1. The van der Waals surface area contributed by atoms with Gasteiger partial charge in [0.05, 0.1) is 22.8 Å². The molecule has 0 amide bonds. The molecule has 5 aromatic carbocycles. The number of ether oxygens (including phenoxy) is 2. The van der Waals surface area contributed by atoms with Gasteiger partial charge in [-0.15, -0.1) is 0 Å². The standard InChI is InChI=1S/C32H25NO3S/c1-35-29-21-18-23-10-8-9-15-28(23)30(29)37(34)27-19-16-24(17-20-27)31-33-32(22-36-31,25-11-4-2-5-12-25)26-13-6-3-7-14-26/h2-21H,22H2,1H3. The average Bonchev–Trinajstić information content (AvgIpc) is 3.44. The van der Waals surface area contributed by atoms with E-state index in [0.29, 0.717) is 28.0 Å². The number of hydrogen-bond acceptors (Lipinski definition) is 4. The van der Waals surface area contributed by atoms with Crippen LogP contribution in [0.2, 0.25) is 0 Å². The molecule has 1 aliphatic rings. The summed E-state index contributed by atoms with van der Waals surface area (Å²) in [6, 6.07) is 39.9. The van der Waals surface area contributed by atoms with E-state index in [0.717, 1.165) is 27.5 Å². The van der Waals surface area contributed by atoms with Gasteiger partial charge in [0.15, 0.2) is 0 Å². The Morgan fingerprint density at radius 1 is 0.757 bits per heavy atom. The Balaban J connectivity index is 1.37. The molecule has 6 rings (SSSR count). The largest absolute Gasteiger partial charge is 0.495 e. The van der Waals surface area contributed by atoms with Crippen molar-refractivity contribution >= 4 is 27.5 Å². The van der Waals surface area contributed by atoms with Crippen LogP contribution in [0.15, 0.2) is 136 Å². The zero-order chi connectivity index (χ0) is 25.2. The van der Waals surface area contributed by atoms with Gasteiger partial charge < -0.3 is 9.47 Å². The molecule has 0 saturated carbocycles. The van der Waals surface area contributed by atoms with Gasteiger partial charge >= 0.3 is 0 Å². The van der Waals surface area contributed by atoms with E-state index >= 15 is 0 Å². The normalized spacial score (nSPS) is 15.1. The molecular formula is C32H25NO3S. The molecule has 5 aromatic rings. The summed E-state index contributed by atoms with van der Waals surface area (Å²) >= 11 is 0. The molecule has 0 aliphatic carbocycles. The van der Waals surface area contributed by atoms with E-state index in [1.807, 2.05) is 97.1 Å². The van der Waals surface area contributed by atoms with E-state index in [1.54, 1.807) is 7.11 Å². The zero-order valence-electron chi connectivity index (χ0n) is 20.3. The second kappa shape index (κ2) is 9.68. The van der Waals surface area contributed by atoms with Gasteiger partial charge in [0, 0.05) is 15.8 Å². The molecule has 0 aromatic heterocycles. The maximum absolute atomic E-state index is 13.7. The Kier molecular flexibility index (Phi) is 6.07. The SMILES string of the molecule is COc1ccc2ccccc2c1S(=O)c1ccc(C2=NC(c3ccccc3)(c3ccccc3)CO2)cc1. The van der Waals surface area contributed by atoms with Crippen LogP contribution in [0, 0.1) is 0 Å². The smallest absolute Gasteiger partial charge is 0.217 e. The van der Waals surface area contributed by atoms with E-state index in [-0.39, 0.29) is 0 Å². The maximum Gasteiger partial charge on any atom is 0.217 e. The summed E-state index contributed by atoms with van der Waals surface area (Å²) in [6.07, 6.45) is 0. The van der Waals surface area contributed by atoms with Crippen LogP contribution >= 0.6 is 0 Å². The maximum atomic E-state index is 13.7. The minimum Gasteiger partial charge on any atom is -0.495 e. The Labute approximate surface area is 218 Å². The Hall–Kier alpha value is -4.22. The third-order valence-corrected chi connectivity index (χ3v) is 8.27. The molecule has 1 atom stereocenters. The lowest BCUT2D eigenvalue weighted by Gasteiger charge is -2.25. The van der Waals surface area contributed by atoms with Gasteiger partial charge in [0.1, 0.15) is 17.9 Å². The predicted octanol–water partition coefficient (Wildman–Crippen LogP) is 6.74. The summed E-state index contributed by atoms with van der Waals surface area (Å²) in [5, 5.41) is 1.94. The van der Waals surface area contributed by atoms with Crippen LogP contribution in [0.4, 0.5) is 0 Å². The highest BCUT2D eigenvalue weighted by atomic mass is 32.2. The summed E-state index contributed by atoms with van der Waals surface area (Å²) in [7, 11) is 0.183. The lowest BCUT2D eigenvalue weighted by molar-refractivity contribution is 0.282. The van der Waals surface area contributed by atoms with Crippen molar-refractivity contribution in [1.29, 1.82) is 0 Å². The highest BCUT2D eigenvalue weighted by Crippen LogP contribution is 2.39. The van der Waals surface area contributed by atoms with Crippen LogP contribution in [0.3, 0.4) is 0 Å². The fourth-order valence-corrected chi connectivity index (χ4v) is 6.20. The van der Waals surface area contributed by atoms with E-state index in [2.05, 4.69) is 24.3 Å². The van der Waals surface area contributed by atoms with Crippen molar-refractivity contribution < 1.29 is 13.7 Å². The molecule has 0 N–H and O–H groups in total. The molecule has 182 valence electrons. The van der Waals surface area contributed by atoms with Crippen LogP contribution in [-0.2, 0) is 21.1 Å². The molecule has 1 unspecified atom stereocenters. The van der Waals surface area contributed by atoms with Gasteiger partial charge in [-0.25, -0.2) is 9.20 Å². The first kappa shape index (κ1) is 23.2. The van der Waals surface area contributed by atoms with Crippen molar-refractivity contribution in [3.05, 3.63) is 138 Å². The number of fused-ring (bicyclic) bond motifs is 1. The minimum absolute atomic E-state index is 0.414. The summed E-state index contributed by atoms with van der Waals surface area (Å²) in [5.41, 5.74) is 2.39. The average molecular weight is 504 g/mol. The third kappa shape index (κ3) is 4.11. The monoisotopic (exact) mass is 503 g/mol. The van der Waals surface area contributed by atoms with Gasteiger partial charge in [0.25, 0.3) is 0 Å². The van der Waals surface area contributed by atoms with Crippen molar-refractivity contribution in [2.45, 2.75) is 15.3 Å². The molecule has 0 fully saturated rings. The van der Waals surface area contributed by atoms with Gasteiger partial charge in [-0.3, -0.25) is 0 Å². The fraction of sp³-hybridized carbons (Fsp3) is 0.0938. The van der Waals surface area contributed by atoms with E-state index in [9.17, 15) is 4.21 Å². The second-order valence-corrected chi connectivity index (χ2v) is 10.3. The number of rotatable bonds is 6. The van der Waals surface area contributed by atoms with Crippen molar-refractivity contribution in [1.82, 2.24) is 0 Å². The molecule has 5 heteroatoms. The molecule has 1 aliphatic heterocycles. The lowest BCUT2D eigenvalue weighted by Crippen LogP contribution is -2.26. The predicted molar refractivity (Wildman–Crippen MR) is 148 cm³/mol. The van der Waals surface area contributed by atoms with Crippen molar-refractivity contribution in [3.63, 3.8) is 0 Å². The summed E-state index contributed by atoms with van der Waals surface area (Å²) in [5.74, 6) is 1.19. The zero-order valence-corrected chi connectivity index (χ0v) is 21.2. The van der Waals surface area contributed by atoms with Gasteiger partial charge in [-0.2, -0.15) is 0 Å². The number of benzene rings is 5. The number of aliphatic imine (C=N–C) groups is 1. The molecular weight excluding hydrogens is 478 g/mol. The lowest BCUT2D eigenvalue weighted by atomic mass is 9.84. The van der Waals surface area contributed by atoms with Crippen LogP contribution in [-0.4, -0.2) is 23.8 Å². The molecule has 1 heterocycles. The number of hydrogen-bond donors (Lipinski definition) is 0. The Morgan fingerprint density at radius 3 is 2.03 bits per heavy atom. The molecule has 0 spiro atoms. The topological polar surface area (TPSA) is 47.9 Å². The fourth-order valence-electron chi connectivity index (χ4n) is 4.86. The summed E-state index contributed by atoms with van der Waals surface area (Å²) < 4.78 is 25.5. The molecule has 4 nitrogen and oxygen atoms in total. The van der Waals surface area contributed by atoms with Crippen LogP contribution in [0.25, 0.3) is 10.8 Å².